The number of rotatable bonds is 3. The van der Waals surface area contributed by atoms with Crippen molar-refractivity contribution in [3.63, 3.8) is 0 Å². The predicted molar refractivity (Wildman–Crippen MR) is 91.1 cm³/mol. The molecule has 2 aromatic rings. The van der Waals surface area contributed by atoms with Crippen molar-refractivity contribution in [2.24, 2.45) is 0 Å². The lowest BCUT2D eigenvalue weighted by molar-refractivity contribution is 0.190. The van der Waals surface area contributed by atoms with Crippen LogP contribution in [0.5, 0.6) is 0 Å². The summed E-state index contributed by atoms with van der Waals surface area (Å²) in [5, 5.41) is 3.67. The van der Waals surface area contributed by atoms with Crippen LogP contribution in [0, 0.1) is 0 Å². The average Bonchev–Trinajstić information content (AvgIpc) is 2.61. The van der Waals surface area contributed by atoms with Gasteiger partial charge in [0.2, 0.25) is 0 Å². The quantitative estimate of drug-likeness (QED) is 0.946. The third-order valence-corrected chi connectivity index (χ3v) is 5.21. The van der Waals surface area contributed by atoms with Crippen LogP contribution >= 0.6 is 0 Å². The first-order valence-corrected chi connectivity index (χ1v) is 8.61. The highest BCUT2D eigenvalue weighted by Crippen LogP contribution is 2.32. The van der Waals surface area contributed by atoms with Crippen LogP contribution in [0.25, 0.3) is 0 Å². The summed E-state index contributed by atoms with van der Waals surface area (Å²) in [5.74, 6) is 0. The Morgan fingerprint density at radius 1 is 1.17 bits per heavy atom. The van der Waals surface area contributed by atoms with E-state index in [0.717, 1.165) is 19.5 Å². The van der Waals surface area contributed by atoms with Crippen molar-refractivity contribution in [3.8, 4) is 0 Å². The van der Waals surface area contributed by atoms with E-state index in [1.165, 1.54) is 41.8 Å². The Kier molecular flexibility index (Phi) is 4.10. The van der Waals surface area contributed by atoms with Crippen molar-refractivity contribution in [2.45, 2.75) is 44.3 Å². The molecule has 2 atom stereocenters. The Hall–Kier alpha value is -1.78. The number of hydrogen-bond acceptors (Lipinski definition) is 4. The molecule has 1 N–H and O–H groups in total. The fraction of sp³-hybridized carbons (Fsp3) is 0.474. The van der Waals surface area contributed by atoms with Gasteiger partial charge in [-0.25, -0.2) is 0 Å². The normalized spacial score (nSPS) is 23.4. The van der Waals surface area contributed by atoms with Crippen molar-refractivity contribution in [1.82, 2.24) is 20.2 Å². The highest BCUT2D eigenvalue weighted by Gasteiger charge is 2.27. The molecule has 2 aromatic heterocycles. The zero-order chi connectivity index (χ0) is 15.6. The highest BCUT2D eigenvalue weighted by atomic mass is 15.2. The average molecular weight is 308 g/mol. The molecule has 3 heterocycles. The largest absolute Gasteiger partial charge is 0.308 e. The van der Waals surface area contributed by atoms with E-state index in [0.29, 0.717) is 12.1 Å². The molecular formula is C19H24N4. The van der Waals surface area contributed by atoms with Gasteiger partial charge in [0, 0.05) is 43.6 Å². The second-order valence-electron chi connectivity index (χ2n) is 6.79. The van der Waals surface area contributed by atoms with Crippen LogP contribution in [0.1, 0.15) is 41.4 Å². The van der Waals surface area contributed by atoms with Gasteiger partial charge in [0.25, 0.3) is 0 Å². The van der Waals surface area contributed by atoms with Crippen LogP contribution in [-0.2, 0) is 19.4 Å². The number of aromatic nitrogens is 2. The summed E-state index contributed by atoms with van der Waals surface area (Å²) in [7, 11) is 2.24. The maximum Gasteiger partial charge on any atom is 0.0607 e. The molecule has 0 spiro atoms. The second kappa shape index (κ2) is 6.38. The number of aryl methyl sites for hydroxylation is 1. The van der Waals surface area contributed by atoms with Crippen LogP contribution in [0.2, 0.25) is 0 Å². The van der Waals surface area contributed by atoms with Gasteiger partial charge in [0.1, 0.15) is 0 Å². The van der Waals surface area contributed by atoms with Gasteiger partial charge in [0.15, 0.2) is 0 Å². The second-order valence-corrected chi connectivity index (χ2v) is 6.79. The predicted octanol–water partition coefficient (Wildman–Crippen LogP) is 2.50. The van der Waals surface area contributed by atoms with E-state index in [9.17, 15) is 0 Å². The number of likely N-dealkylation sites (N-methyl/N-ethyl adjacent to an activating group) is 1. The van der Waals surface area contributed by atoms with Gasteiger partial charge in [-0.1, -0.05) is 12.1 Å². The first-order valence-electron chi connectivity index (χ1n) is 8.61. The maximum absolute atomic E-state index is 4.68. The minimum absolute atomic E-state index is 0.451. The summed E-state index contributed by atoms with van der Waals surface area (Å²) in [6, 6.07) is 9.42. The highest BCUT2D eigenvalue weighted by molar-refractivity contribution is 5.26. The topological polar surface area (TPSA) is 41.1 Å². The molecule has 1 aliphatic heterocycles. The van der Waals surface area contributed by atoms with E-state index in [1.54, 1.807) is 0 Å². The third-order valence-electron chi connectivity index (χ3n) is 5.21. The van der Waals surface area contributed by atoms with E-state index in [1.807, 2.05) is 18.5 Å². The Morgan fingerprint density at radius 3 is 2.91 bits per heavy atom. The van der Waals surface area contributed by atoms with Crippen molar-refractivity contribution >= 4 is 0 Å². The molecule has 0 saturated carbocycles. The van der Waals surface area contributed by atoms with Gasteiger partial charge < -0.3 is 5.32 Å². The lowest BCUT2D eigenvalue weighted by Crippen LogP contribution is -2.45. The van der Waals surface area contributed by atoms with E-state index < -0.39 is 0 Å². The van der Waals surface area contributed by atoms with Gasteiger partial charge in [-0.3, -0.25) is 14.9 Å². The molecule has 120 valence electrons. The smallest absolute Gasteiger partial charge is 0.0607 e. The maximum atomic E-state index is 4.68. The van der Waals surface area contributed by atoms with Crippen molar-refractivity contribution in [1.29, 1.82) is 0 Å². The lowest BCUT2D eigenvalue weighted by Gasteiger charge is -2.36. The first-order chi connectivity index (χ1) is 11.3. The minimum atomic E-state index is 0.451. The number of nitrogens with one attached hydrogen (secondary N) is 1. The molecule has 23 heavy (non-hydrogen) atoms. The molecule has 4 heteroatoms. The van der Waals surface area contributed by atoms with Gasteiger partial charge in [-0.15, -0.1) is 0 Å². The van der Waals surface area contributed by atoms with Gasteiger partial charge in [-0.2, -0.15) is 0 Å². The van der Waals surface area contributed by atoms with Gasteiger partial charge in [-0.05, 0) is 49.6 Å². The van der Waals surface area contributed by atoms with Crippen LogP contribution in [-0.4, -0.2) is 34.5 Å². The van der Waals surface area contributed by atoms with Gasteiger partial charge in [0.05, 0.1) is 11.7 Å². The molecule has 0 radical (unpaired) electrons. The third kappa shape index (κ3) is 3.01. The van der Waals surface area contributed by atoms with E-state index in [4.69, 9.17) is 0 Å². The Labute approximate surface area is 138 Å². The number of nitrogens with zero attached hydrogens (tertiary/aromatic N) is 3. The summed E-state index contributed by atoms with van der Waals surface area (Å²) in [5.41, 5.74) is 5.32. The lowest BCUT2D eigenvalue weighted by atomic mass is 9.90. The van der Waals surface area contributed by atoms with Crippen LogP contribution < -0.4 is 5.32 Å². The van der Waals surface area contributed by atoms with Crippen LogP contribution in [0.3, 0.4) is 0 Å². The molecule has 0 bridgehead atoms. The van der Waals surface area contributed by atoms with Crippen LogP contribution in [0.15, 0.2) is 36.7 Å². The minimum Gasteiger partial charge on any atom is -0.308 e. The summed E-state index contributed by atoms with van der Waals surface area (Å²) in [6.07, 6.45) is 8.50. The summed E-state index contributed by atoms with van der Waals surface area (Å²) in [4.78, 5) is 11.7. The standard InChI is InChI=1S/C19H24N4/c1-23(18-8-2-5-14-6-3-10-21-19(14)18)13-16-11-17-15(12-22-16)7-4-9-20-17/h3-4,6-7,9-10,16,18,22H,2,5,8,11-13H2,1H3/t16?,18-/m0/s1. The molecule has 0 amide bonds. The Morgan fingerprint density at radius 2 is 2.00 bits per heavy atom. The molecule has 1 aliphatic carbocycles. The molecule has 4 nitrogen and oxygen atoms in total. The summed E-state index contributed by atoms with van der Waals surface area (Å²) < 4.78 is 0. The molecular weight excluding hydrogens is 284 g/mol. The Bertz CT molecular complexity index is 685. The molecule has 0 fully saturated rings. The molecule has 4 rings (SSSR count). The fourth-order valence-corrected chi connectivity index (χ4v) is 3.99. The first kappa shape index (κ1) is 14.8. The number of hydrogen-bond donors (Lipinski definition) is 1. The zero-order valence-electron chi connectivity index (χ0n) is 13.7. The fourth-order valence-electron chi connectivity index (χ4n) is 3.99. The van der Waals surface area contributed by atoms with E-state index in [2.05, 4.69) is 45.4 Å². The van der Waals surface area contributed by atoms with E-state index in [-0.39, 0.29) is 0 Å². The van der Waals surface area contributed by atoms with E-state index >= 15 is 0 Å². The summed E-state index contributed by atoms with van der Waals surface area (Å²) >= 11 is 0. The summed E-state index contributed by atoms with van der Waals surface area (Å²) in [6.45, 7) is 1.97. The Balaban J connectivity index is 1.46. The van der Waals surface area contributed by atoms with Crippen molar-refractivity contribution in [2.75, 3.05) is 13.6 Å². The zero-order valence-corrected chi connectivity index (χ0v) is 13.7. The number of fused-ring (bicyclic) bond motifs is 2. The van der Waals surface area contributed by atoms with Crippen molar-refractivity contribution in [3.05, 3.63) is 59.2 Å². The molecule has 1 unspecified atom stereocenters. The van der Waals surface area contributed by atoms with Crippen molar-refractivity contribution < 1.29 is 0 Å². The van der Waals surface area contributed by atoms with Crippen LogP contribution in [0.4, 0.5) is 0 Å². The molecule has 0 saturated heterocycles. The van der Waals surface area contributed by atoms with Gasteiger partial charge >= 0.3 is 0 Å². The monoisotopic (exact) mass is 308 g/mol. The molecule has 2 aliphatic rings. The number of pyridine rings is 2. The molecule has 0 aromatic carbocycles. The SMILES string of the molecule is CN(CC1Cc2ncccc2CN1)[C@H]1CCCc2cccnc21.